The van der Waals surface area contributed by atoms with Crippen LogP contribution in [0, 0.1) is 0 Å². The van der Waals surface area contributed by atoms with Crippen molar-refractivity contribution in [1.29, 1.82) is 0 Å². The molecule has 1 heterocycles. The van der Waals surface area contributed by atoms with E-state index in [2.05, 4.69) is 10.3 Å². The minimum Gasteiger partial charge on any atom is -0.351 e. The number of ketones is 2. The Balaban J connectivity index is 1.90. The average Bonchev–Trinajstić information content (AvgIpc) is 2.89. The molecule has 4 nitrogen and oxygen atoms in total. The average molecular weight is 335 g/mol. The normalized spacial score (nSPS) is 19.7. The summed E-state index contributed by atoms with van der Waals surface area (Å²) in [5.41, 5.74) is 1.85. The molecule has 1 aliphatic rings. The standard InChI is InChI=1S/C16H15ClN2O2S/c1-8-9(2)15(21)11(6-7-12(8)20)18-16-19-14-10(17)4-3-5-13(14)22-16/h3-5,11H,6-7H2,1-2H3,(H,18,19). The Morgan fingerprint density at radius 2 is 2.05 bits per heavy atom. The Kier molecular flexibility index (Phi) is 4.02. The Bertz CT molecular complexity index is 810. The fraction of sp³-hybridized carbons (Fsp3) is 0.312. The zero-order chi connectivity index (χ0) is 15.9. The molecule has 0 aliphatic heterocycles. The number of nitrogens with zero attached hydrogens (tertiary/aromatic N) is 1. The summed E-state index contributed by atoms with van der Waals surface area (Å²) < 4.78 is 0.968. The number of halogens is 1. The molecule has 3 rings (SSSR count). The monoisotopic (exact) mass is 334 g/mol. The van der Waals surface area contributed by atoms with E-state index in [9.17, 15) is 9.59 Å². The number of benzene rings is 1. The SMILES string of the molecule is CC1=C(C)C(=O)C(Nc2nc3c(Cl)cccc3s2)CCC1=O. The first-order valence-corrected chi connectivity index (χ1v) is 8.23. The number of nitrogens with one attached hydrogen (secondary N) is 1. The lowest BCUT2D eigenvalue weighted by Gasteiger charge is -2.14. The van der Waals surface area contributed by atoms with E-state index in [1.165, 1.54) is 11.3 Å². The van der Waals surface area contributed by atoms with Gasteiger partial charge in [0, 0.05) is 12.0 Å². The van der Waals surface area contributed by atoms with Gasteiger partial charge in [-0.2, -0.15) is 0 Å². The van der Waals surface area contributed by atoms with Crippen LogP contribution in [0.4, 0.5) is 5.13 Å². The van der Waals surface area contributed by atoms with Crippen LogP contribution in [0.15, 0.2) is 29.3 Å². The van der Waals surface area contributed by atoms with Crippen LogP contribution in [0.2, 0.25) is 5.02 Å². The van der Waals surface area contributed by atoms with E-state index >= 15 is 0 Å². The Morgan fingerprint density at radius 1 is 1.27 bits per heavy atom. The zero-order valence-electron chi connectivity index (χ0n) is 12.3. The number of rotatable bonds is 2. The number of Topliss-reactive ketones (excluding diaryl/α,β-unsaturated/α-hetero) is 2. The number of carbonyl (C=O) groups is 2. The summed E-state index contributed by atoms with van der Waals surface area (Å²) in [5, 5.41) is 4.42. The van der Waals surface area contributed by atoms with E-state index in [1.807, 2.05) is 12.1 Å². The molecule has 0 bridgehead atoms. The van der Waals surface area contributed by atoms with Crippen molar-refractivity contribution >= 4 is 49.9 Å². The second kappa shape index (κ2) is 5.82. The fourth-order valence-electron chi connectivity index (χ4n) is 2.51. The number of thiazole rings is 1. The summed E-state index contributed by atoms with van der Waals surface area (Å²) in [4.78, 5) is 28.8. The molecule has 1 N–H and O–H groups in total. The molecule has 6 heteroatoms. The highest BCUT2D eigenvalue weighted by atomic mass is 35.5. The first-order valence-electron chi connectivity index (χ1n) is 7.04. The van der Waals surface area contributed by atoms with Gasteiger partial charge in [-0.15, -0.1) is 0 Å². The molecule has 1 aromatic heterocycles. The number of carbonyl (C=O) groups excluding carboxylic acids is 2. The summed E-state index contributed by atoms with van der Waals surface area (Å²) in [6.45, 7) is 3.43. The van der Waals surface area contributed by atoms with Gasteiger partial charge in [0.1, 0.15) is 5.52 Å². The molecule has 114 valence electrons. The van der Waals surface area contributed by atoms with E-state index < -0.39 is 6.04 Å². The smallest absolute Gasteiger partial charge is 0.184 e. The molecule has 1 aromatic carbocycles. The van der Waals surface area contributed by atoms with Gasteiger partial charge in [0.25, 0.3) is 0 Å². The lowest BCUT2D eigenvalue weighted by atomic mass is 10.0. The third kappa shape index (κ3) is 2.66. The maximum absolute atomic E-state index is 12.5. The number of para-hydroxylation sites is 1. The molecular weight excluding hydrogens is 320 g/mol. The Labute approximate surface area is 137 Å². The van der Waals surface area contributed by atoms with E-state index in [0.29, 0.717) is 34.1 Å². The van der Waals surface area contributed by atoms with Crippen molar-refractivity contribution in [2.24, 2.45) is 0 Å². The highest BCUT2D eigenvalue weighted by molar-refractivity contribution is 7.22. The van der Waals surface area contributed by atoms with Crippen molar-refractivity contribution in [1.82, 2.24) is 4.98 Å². The molecule has 1 unspecified atom stereocenters. The van der Waals surface area contributed by atoms with Crippen LogP contribution in [0.5, 0.6) is 0 Å². The summed E-state index contributed by atoms with van der Waals surface area (Å²) in [5.74, 6) is 0.0104. The number of hydrogen-bond donors (Lipinski definition) is 1. The summed E-state index contributed by atoms with van der Waals surface area (Å²) in [7, 11) is 0. The second-order valence-electron chi connectivity index (χ2n) is 5.38. The summed E-state index contributed by atoms with van der Waals surface area (Å²) >= 11 is 7.58. The highest BCUT2D eigenvalue weighted by Gasteiger charge is 2.28. The number of allylic oxidation sites excluding steroid dienone is 1. The predicted octanol–water partition coefficient (Wildman–Crippen LogP) is 4.00. The molecule has 1 atom stereocenters. The van der Waals surface area contributed by atoms with Crippen LogP contribution in [0.25, 0.3) is 10.2 Å². The van der Waals surface area contributed by atoms with Crippen molar-refractivity contribution in [2.45, 2.75) is 32.7 Å². The van der Waals surface area contributed by atoms with E-state index in [0.717, 1.165) is 10.2 Å². The molecule has 0 fully saturated rings. The van der Waals surface area contributed by atoms with Crippen LogP contribution in [-0.4, -0.2) is 22.6 Å². The summed E-state index contributed by atoms with van der Waals surface area (Å²) in [6, 6.07) is 5.19. The minimum absolute atomic E-state index is 0.0336. The van der Waals surface area contributed by atoms with Crippen LogP contribution in [0.1, 0.15) is 26.7 Å². The predicted molar refractivity (Wildman–Crippen MR) is 89.7 cm³/mol. The van der Waals surface area contributed by atoms with Crippen molar-refractivity contribution < 1.29 is 9.59 Å². The number of aromatic nitrogens is 1. The van der Waals surface area contributed by atoms with Gasteiger partial charge in [-0.3, -0.25) is 9.59 Å². The number of fused-ring (bicyclic) bond motifs is 1. The van der Waals surface area contributed by atoms with Crippen LogP contribution >= 0.6 is 22.9 Å². The lowest BCUT2D eigenvalue weighted by molar-refractivity contribution is -0.116. The van der Waals surface area contributed by atoms with Gasteiger partial charge in [-0.25, -0.2) is 4.98 Å². The van der Waals surface area contributed by atoms with Crippen molar-refractivity contribution in [3.8, 4) is 0 Å². The fourth-order valence-corrected chi connectivity index (χ4v) is 3.73. The van der Waals surface area contributed by atoms with E-state index in [1.54, 1.807) is 19.9 Å². The van der Waals surface area contributed by atoms with Crippen LogP contribution in [-0.2, 0) is 9.59 Å². The van der Waals surface area contributed by atoms with Crippen molar-refractivity contribution in [2.75, 3.05) is 5.32 Å². The molecular formula is C16H15ClN2O2S. The van der Waals surface area contributed by atoms with Gasteiger partial charge in [0.15, 0.2) is 16.7 Å². The minimum atomic E-state index is -0.416. The molecule has 0 amide bonds. The lowest BCUT2D eigenvalue weighted by Crippen LogP contribution is -2.29. The second-order valence-corrected chi connectivity index (χ2v) is 6.82. The highest BCUT2D eigenvalue weighted by Crippen LogP contribution is 2.32. The van der Waals surface area contributed by atoms with E-state index in [4.69, 9.17) is 11.6 Å². The van der Waals surface area contributed by atoms with E-state index in [-0.39, 0.29) is 11.6 Å². The zero-order valence-corrected chi connectivity index (χ0v) is 13.8. The first-order chi connectivity index (χ1) is 10.5. The van der Waals surface area contributed by atoms with Gasteiger partial charge < -0.3 is 5.32 Å². The Morgan fingerprint density at radius 3 is 2.77 bits per heavy atom. The molecule has 0 saturated heterocycles. The third-order valence-corrected chi connectivity index (χ3v) is 5.25. The first kappa shape index (κ1) is 15.2. The topological polar surface area (TPSA) is 59.1 Å². The maximum atomic E-state index is 12.5. The Hall–Kier alpha value is -1.72. The van der Waals surface area contributed by atoms with Gasteiger partial charge in [0.2, 0.25) is 0 Å². The van der Waals surface area contributed by atoms with Crippen LogP contribution in [0.3, 0.4) is 0 Å². The molecule has 1 aliphatic carbocycles. The molecule has 22 heavy (non-hydrogen) atoms. The quantitative estimate of drug-likeness (QED) is 0.901. The van der Waals surface area contributed by atoms with Crippen molar-refractivity contribution in [3.05, 3.63) is 34.4 Å². The van der Waals surface area contributed by atoms with Gasteiger partial charge in [-0.1, -0.05) is 29.0 Å². The van der Waals surface area contributed by atoms with Crippen molar-refractivity contribution in [3.63, 3.8) is 0 Å². The molecule has 0 saturated carbocycles. The largest absolute Gasteiger partial charge is 0.351 e. The number of anilines is 1. The van der Waals surface area contributed by atoms with Gasteiger partial charge >= 0.3 is 0 Å². The maximum Gasteiger partial charge on any atom is 0.184 e. The third-order valence-electron chi connectivity index (χ3n) is 3.99. The number of hydrogen-bond acceptors (Lipinski definition) is 5. The van der Waals surface area contributed by atoms with Crippen LogP contribution < -0.4 is 5.32 Å². The summed E-state index contributed by atoms with van der Waals surface area (Å²) in [6.07, 6.45) is 0.855. The molecule has 2 aromatic rings. The van der Waals surface area contributed by atoms with Gasteiger partial charge in [0.05, 0.1) is 15.8 Å². The molecule has 0 radical (unpaired) electrons. The molecule has 0 spiro atoms. The van der Waals surface area contributed by atoms with Gasteiger partial charge in [-0.05, 0) is 38.0 Å².